The van der Waals surface area contributed by atoms with Crippen molar-refractivity contribution >= 4 is 23.4 Å². The van der Waals surface area contributed by atoms with Crippen LogP contribution in [-0.4, -0.2) is 17.7 Å². The summed E-state index contributed by atoms with van der Waals surface area (Å²) in [7, 11) is 0. The van der Waals surface area contributed by atoms with E-state index in [9.17, 15) is 4.79 Å². The van der Waals surface area contributed by atoms with Gasteiger partial charge in [0.25, 0.3) is 0 Å². The first-order valence-corrected chi connectivity index (χ1v) is 7.24. The Morgan fingerprint density at radius 1 is 1.33 bits per heavy atom. The second-order valence-electron chi connectivity index (χ2n) is 4.93. The third kappa shape index (κ3) is 5.45. The molecular weight excluding hydrogens is 244 g/mol. The van der Waals surface area contributed by atoms with Crippen molar-refractivity contribution in [1.29, 1.82) is 0 Å². The first-order valence-electron chi connectivity index (χ1n) is 6.25. The standard InChI is InChI=1S/C14H22N2OS/c1-10(2)8-11(3)16-12-6-4-5-7-13(12)18-9-14(15)17/h4-7,10-11,16H,8-9H2,1-3H3,(H2,15,17). The van der Waals surface area contributed by atoms with Gasteiger partial charge >= 0.3 is 0 Å². The van der Waals surface area contributed by atoms with E-state index in [1.807, 2.05) is 24.3 Å². The fourth-order valence-electron chi connectivity index (χ4n) is 1.89. The van der Waals surface area contributed by atoms with Crippen molar-refractivity contribution in [2.45, 2.75) is 38.1 Å². The van der Waals surface area contributed by atoms with Gasteiger partial charge in [-0.3, -0.25) is 4.79 Å². The molecule has 1 atom stereocenters. The van der Waals surface area contributed by atoms with Crippen LogP contribution in [0.15, 0.2) is 29.2 Å². The molecule has 0 fully saturated rings. The van der Waals surface area contributed by atoms with Crippen LogP contribution >= 0.6 is 11.8 Å². The molecule has 0 aliphatic carbocycles. The molecule has 0 bridgehead atoms. The van der Waals surface area contributed by atoms with Gasteiger partial charge in [0.2, 0.25) is 5.91 Å². The fourth-order valence-corrected chi connectivity index (χ4v) is 2.65. The lowest BCUT2D eigenvalue weighted by Gasteiger charge is -2.19. The van der Waals surface area contributed by atoms with Gasteiger partial charge in [-0.25, -0.2) is 0 Å². The lowest BCUT2D eigenvalue weighted by Crippen LogP contribution is -2.18. The SMILES string of the molecule is CC(C)CC(C)Nc1ccccc1SCC(N)=O. The Morgan fingerprint density at radius 2 is 2.00 bits per heavy atom. The molecule has 0 aliphatic heterocycles. The number of thioether (sulfide) groups is 1. The lowest BCUT2D eigenvalue weighted by atomic mass is 10.1. The zero-order valence-corrected chi connectivity index (χ0v) is 12.1. The third-order valence-corrected chi connectivity index (χ3v) is 3.58. The monoisotopic (exact) mass is 266 g/mol. The van der Waals surface area contributed by atoms with Crippen molar-refractivity contribution in [3.8, 4) is 0 Å². The van der Waals surface area contributed by atoms with E-state index in [0.29, 0.717) is 17.7 Å². The quantitative estimate of drug-likeness (QED) is 0.746. The van der Waals surface area contributed by atoms with Crippen LogP contribution in [-0.2, 0) is 4.79 Å². The van der Waals surface area contributed by atoms with E-state index in [1.165, 1.54) is 11.8 Å². The van der Waals surface area contributed by atoms with Crippen molar-refractivity contribution in [3.05, 3.63) is 24.3 Å². The van der Waals surface area contributed by atoms with E-state index in [1.54, 1.807) is 0 Å². The Morgan fingerprint density at radius 3 is 2.61 bits per heavy atom. The Bertz CT molecular complexity index is 393. The molecule has 0 spiro atoms. The van der Waals surface area contributed by atoms with Crippen molar-refractivity contribution in [2.24, 2.45) is 11.7 Å². The highest BCUT2D eigenvalue weighted by Gasteiger charge is 2.08. The van der Waals surface area contributed by atoms with Crippen molar-refractivity contribution < 1.29 is 4.79 Å². The molecule has 0 aliphatic rings. The molecule has 0 radical (unpaired) electrons. The maximum absolute atomic E-state index is 10.8. The Kier molecular flexibility index (Phi) is 6.05. The fraction of sp³-hybridized carbons (Fsp3) is 0.500. The molecule has 0 saturated carbocycles. The molecule has 1 amide bonds. The molecule has 0 heterocycles. The molecule has 0 aromatic heterocycles. The molecule has 1 aromatic carbocycles. The van der Waals surface area contributed by atoms with E-state index in [2.05, 4.69) is 26.1 Å². The number of hydrogen-bond acceptors (Lipinski definition) is 3. The minimum atomic E-state index is -0.287. The number of para-hydroxylation sites is 1. The molecule has 3 nitrogen and oxygen atoms in total. The summed E-state index contributed by atoms with van der Waals surface area (Å²) in [5.74, 6) is 0.694. The summed E-state index contributed by atoms with van der Waals surface area (Å²) < 4.78 is 0. The third-order valence-electron chi connectivity index (χ3n) is 2.48. The van der Waals surface area contributed by atoms with Gasteiger partial charge in [0.15, 0.2) is 0 Å². The maximum Gasteiger partial charge on any atom is 0.227 e. The molecule has 18 heavy (non-hydrogen) atoms. The minimum absolute atomic E-state index is 0.287. The lowest BCUT2D eigenvalue weighted by molar-refractivity contribution is -0.115. The maximum atomic E-state index is 10.8. The number of rotatable bonds is 7. The number of carbonyl (C=O) groups is 1. The summed E-state index contributed by atoms with van der Waals surface area (Å²) in [6.07, 6.45) is 1.12. The van der Waals surface area contributed by atoms with Crippen LogP contribution in [0, 0.1) is 5.92 Å². The summed E-state index contributed by atoms with van der Waals surface area (Å²) in [5, 5.41) is 3.49. The van der Waals surface area contributed by atoms with Gasteiger partial charge in [-0.1, -0.05) is 26.0 Å². The highest BCUT2D eigenvalue weighted by Crippen LogP contribution is 2.27. The van der Waals surface area contributed by atoms with E-state index >= 15 is 0 Å². The van der Waals surface area contributed by atoms with Gasteiger partial charge in [-0.15, -0.1) is 11.8 Å². The number of nitrogens with one attached hydrogen (secondary N) is 1. The summed E-state index contributed by atoms with van der Waals surface area (Å²) >= 11 is 1.48. The van der Waals surface area contributed by atoms with E-state index in [-0.39, 0.29) is 5.91 Å². The first-order chi connectivity index (χ1) is 8.49. The zero-order valence-electron chi connectivity index (χ0n) is 11.3. The van der Waals surface area contributed by atoms with Crippen LogP contribution < -0.4 is 11.1 Å². The Hall–Kier alpha value is -1.16. The van der Waals surface area contributed by atoms with E-state index < -0.39 is 0 Å². The molecular formula is C14H22N2OS. The Balaban J connectivity index is 2.66. The van der Waals surface area contributed by atoms with Crippen LogP contribution in [0.25, 0.3) is 0 Å². The van der Waals surface area contributed by atoms with Gasteiger partial charge in [0.1, 0.15) is 0 Å². The molecule has 100 valence electrons. The van der Waals surface area contributed by atoms with Gasteiger partial charge in [0, 0.05) is 16.6 Å². The summed E-state index contributed by atoms with van der Waals surface area (Å²) in [5.41, 5.74) is 6.26. The summed E-state index contributed by atoms with van der Waals surface area (Å²) in [6, 6.07) is 8.44. The van der Waals surface area contributed by atoms with E-state index in [4.69, 9.17) is 5.73 Å². The number of anilines is 1. The van der Waals surface area contributed by atoms with Crippen LogP contribution in [0.1, 0.15) is 27.2 Å². The van der Waals surface area contributed by atoms with Gasteiger partial charge in [-0.05, 0) is 31.4 Å². The topological polar surface area (TPSA) is 55.1 Å². The molecule has 3 N–H and O–H groups in total. The highest BCUT2D eigenvalue weighted by molar-refractivity contribution is 8.00. The van der Waals surface area contributed by atoms with E-state index in [0.717, 1.165) is 17.0 Å². The number of amides is 1. The largest absolute Gasteiger partial charge is 0.382 e. The first kappa shape index (κ1) is 14.9. The Labute approximate surface area is 114 Å². The van der Waals surface area contributed by atoms with Gasteiger partial charge < -0.3 is 11.1 Å². The van der Waals surface area contributed by atoms with Crippen molar-refractivity contribution in [2.75, 3.05) is 11.1 Å². The molecule has 1 aromatic rings. The number of hydrogen-bond donors (Lipinski definition) is 2. The molecule has 1 unspecified atom stereocenters. The number of benzene rings is 1. The zero-order chi connectivity index (χ0) is 13.5. The van der Waals surface area contributed by atoms with Crippen LogP contribution in [0.3, 0.4) is 0 Å². The summed E-state index contributed by atoms with van der Waals surface area (Å²) in [6.45, 7) is 6.60. The van der Waals surface area contributed by atoms with Crippen molar-refractivity contribution in [1.82, 2.24) is 0 Å². The van der Waals surface area contributed by atoms with Gasteiger partial charge in [-0.2, -0.15) is 0 Å². The highest BCUT2D eigenvalue weighted by atomic mass is 32.2. The van der Waals surface area contributed by atoms with Gasteiger partial charge in [0.05, 0.1) is 5.75 Å². The van der Waals surface area contributed by atoms with Crippen LogP contribution in [0.5, 0.6) is 0 Å². The molecule has 4 heteroatoms. The van der Waals surface area contributed by atoms with Crippen molar-refractivity contribution in [3.63, 3.8) is 0 Å². The molecule has 1 rings (SSSR count). The smallest absolute Gasteiger partial charge is 0.227 e. The predicted octanol–water partition coefficient (Wildman–Crippen LogP) is 3.11. The molecule has 0 saturated heterocycles. The second-order valence-corrected chi connectivity index (χ2v) is 5.94. The summed E-state index contributed by atoms with van der Waals surface area (Å²) in [4.78, 5) is 11.9. The number of nitrogens with two attached hydrogens (primary N) is 1. The minimum Gasteiger partial charge on any atom is -0.382 e. The number of carbonyl (C=O) groups excluding carboxylic acids is 1. The second kappa shape index (κ2) is 7.31. The average molecular weight is 266 g/mol. The predicted molar refractivity (Wildman–Crippen MR) is 78.9 cm³/mol. The normalized spacial score (nSPS) is 12.4. The average Bonchev–Trinajstić information content (AvgIpc) is 2.26. The van der Waals surface area contributed by atoms with Crippen LogP contribution in [0.4, 0.5) is 5.69 Å². The van der Waals surface area contributed by atoms with Crippen LogP contribution in [0.2, 0.25) is 0 Å². The number of primary amides is 1.